The van der Waals surface area contributed by atoms with Crippen molar-refractivity contribution in [3.8, 4) is 17.0 Å². The van der Waals surface area contributed by atoms with E-state index < -0.39 is 15.3 Å². The Labute approximate surface area is 103 Å². The lowest BCUT2D eigenvalue weighted by Gasteiger charge is -2.03. The van der Waals surface area contributed by atoms with Crippen LogP contribution in [0.15, 0.2) is 39.9 Å². The lowest BCUT2D eigenvalue weighted by molar-refractivity contribution is 0.334. The molecule has 96 valence electrons. The normalized spacial score (nSPS) is 11.4. The van der Waals surface area contributed by atoms with Crippen LogP contribution in [-0.4, -0.2) is 20.2 Å². The molecular formula is C11H10FNO4S. The first kappa shape index (κ1) is 12.6. The third kappa shape index (κ3) is 2.67. The first-order valence-electron chi connectivity index (χ1n) is 5.15. The zero-order valence-electron chi connectivity index (χ0n) is 9.46. The van der Waals surface area contributed by atoms with Gasteiger partial charge in [-0.2, -0.15) is 8.42 Å². The summed E-state index contributed by atoms with van der Waals surface area (Å²) in [5.74, 6) is 0.614. The van der Waals surface area contributed by atoms with Crippen molar-refractivity contribution < 1.29 is 21.6 Å². The molecule has 0 radical (unpaired) electrons. The number of hydrogen-bond donors (Lipinski definition) is 0. The van der Waals surface area contributed by atoms with E-state index in [2.05, 4.69) is 9.68 Å². The molecule has 1 aromatic heterocycles. The van der Waals surface area contributed by atoms with E-state index in [1.807, 2.05) is 6.92 Å². The highest BCUT2D eigenvalue weighted by atomic mass is 32.3. The molecule has 2 rings (SSSR count). The van der Waals surface area contributed by atoms with E-state index >= 15 is 0 Å². The van der Waals surface area contributed by atoms with Gasteiger partial charge in [-0.25, -0.2) is 0 Å². The van der Waals surface area contributed by atoms with Gasteiger partial charge in [0.1, 0.15) is 11.4 Å². The second-order valence-corrected chi connectivity index (χ2v) is 4.71. The van der Waals surface area contributed by atoms with Gasteiger partial charge in [-0.05, 0) is 19.1 Å². The Morgan fingerprint density at radius 2 is 2.17 bits per heavy atom. The standard InChI is InChI=1S/C11H10FNO4S/c1-2-16-9-5-3-4-8(6-9)10-7-11(17-13-10)18(12,14)15/h3-7H,2H2,1H3. The maximum atomic E-state index is 12.7. The largest absolute Gasteiger partial charge is 0.494 e. The zero-order valence-corrected chi connectivity index (χ0v) is 10.3. The molecule has 1 aromatic carbocycles. The third-order valence-electron chi connectivity index (χ3n) is 2.17. The van der Waals surface area contributed by atoms with Crippen LogP contribution < -0.4 is 4.74 Å². The van der Waals surface area contributed by atoms with Crippen LogP contribution in [0.5, 0.6) is 5.75 Å². The molecule has 0 amide bonds. The summed E-state index contributed by atoms with van der Waals surface area (Å²) in [6.07, 6.45) is 0. The third-order valence-corrected chi connectivity index (χ3v) is 2.84. The fourth-order valence-electron chi connectivity index (χ4n) is 1.42. The highest BCUT2D eigenvalue weighted by molar-refractivity contribution is 7.86. The number of benzene rings is 1. The molecule has 5 nitrogen and oxygen atoms in total. The highest BCUT2D eigenvalue weighted by Gasteiger charge is 2.19. The second-order valence-electron chi connectivity index (χ2n) is 3.43. The van der Waals surface area contributed by atoms with Crippen molar-refractivity contribution in [1.82, 2.24) is 5.16 Å². The average Bonchev–Trinajstić information content (AvgIpc) is 2.78. The number of hydrogen-bond acceptors (Lipinski definition) is 5. The molecule has 0 bridgehead atoms. The predicted octanol–water partition coefficient (Wildman–Crippen LogP) is 2.40. The van der Waals surface area contributed by atoms with E-state index in [1.54, 1.807) is 24.3 Å². The monoisotopic (exact) mass is 271 g/mol. The van der Waals surface area contributed by atoms with Crippen molar-refractivity contribution in [2.75, 3.05) is 6.61 Å². The van der Waals surface area contributed by atoms with E-state index in [4.69, 9.17) is 4.74 Å². The van der Waals surface area contributed by atoms with Crippen LogP contribution in [-0.2, 0) is 10.2 Å². The quantitative estimate of drug-likeness (QED) is 0.798. The van der Waals surface area contributed by atoms with Crippen molar-refractivity contribution in [2.45, 2.75) is 12.0 Å². The molecule has 0 saturated carbocycles. The van der Waals surface area contributed by atoms with Crippen LogP contribution in [0.1, 0.15) is 6.92 Å². The van der Waals surface area contributed by atoms with Crippen molar-refractivity contribution >= 4 is 10.2 Å². The molecule has 0 spiro atoms. The Balaban J connectivity index is 2.37. The molecule has 1 heterocycles. The van der Waals surface area contributed by atoms with Gasteiger partial charge < -0.3 is 9.26 Å². The Hall–Kier alpha value is -1.89. The molecule has 7 heteroatoms. The minimum atomic E-state index is -4.87. The van der Waals surface area contributed by atoms with Gasteiger partial charge in [-0.3, -0.25) is 0 Å². The molecule has 0 fully saturated rings. The number of rotatable bonds is 4. The average molecular weight is 271 g/mol. The zero-order chi connectivity index (χ0) is 13.2. The lowest BCUT2D eigenvalue weighted by atomic mass is 10.1. The van der Waals surface area contributed by atoms with Crippen LogP contribution in [0.4, 0.5) is 3.89 Å². The fourth-order valence-corrected chi connectivity index (χ4v) is 1.80. The summed E-state index contributed by atoms with van der Waals surface area (Å²) in [6.45, 7) is 2.35. The van der Waals surface area contributed by atoms with Crippen LogP contribution in [0.3, 0.4) is 0 Å². The molecular weight excluding hydrogens is 261 g/mol. The molecule has 18 heavy (non-hydrogen) atoms. The van der Waals surface area contributed by atoms with E-state index in [0.29, 0.717) is 17.9 Å². The predicted molar refractivity (Wildman–Crippen MR) is 61.4 cm³/mol. The maximum Gasteiger partial charge on any atom is 0.368 e. The van der Waals surface area contributed by atoms with E-state index in [1.165, 1.54) is 0 Å². The topological polar surface area (TPSA) is 69.4 Å². The fraction of sp³-hybridized carbons (Fsp3) is 0.182. The van der Waals surface area contributed by atoms with Gasteiger partial charge in [0.05, 0.1) is 6.61 Å². The SMILES string of the molecule is CCOc1cccc(-c2cc(S(=O)(=O)F)on2)c1. The Bertz CT molecular complexity index is 651. The second kappa shape index (κ2) is 4.77. The van der Waals surface area contributed by atoms with Gasteiger partial charge in [-0.15, -0.1) is 0 Å². The van der Waals surface area contributed by atoms with Gasteiger partial charge in [0.2, 0.25) is 0 Å². The number of nitrogens with zero attached hydrogens (tertiary/aromatic N) is 1. The first-order valence-corrected chi connectivity index (χ1v) is 6.53. The Morgan fingerprint density at radius 1 is 1.39 bits per heavy atom. The molecule has 0 N–H and O–H groups in total. The first-order chi connectivity index (χ1) is 8.50. The van der Waals surface area contributed by atoms with Gasteiger partial charge in [0.25, 0.3) is 5.09 Å². The molecule has 2 aromatic rings. The summed E-state index contributed by atoms with van der Waals surface area (Å²) in [4.78, 5) is 0. The molecule has 0 unspecified atom stereocenters. The van der Waals surface area contributed by atoms with E-state index in [0.717, 1.165) is 6.07 Å². The molecule has 0 aliphatic heterocycles. The Kier molecular flexibility index (Phi) is 3.33. The summed E-state index contributed by atoms with van der Waals surface area (Å²) in [6, 6.07) is 7.85. The van der Waals surface area contributed by atoms with Crippen LogP contribution in [0.2, 0.25) is 0 Å². The van der Waals surface area contributed by atoms with Gasteiger partial charge >= 0.3 is 10.2 Å². The summed E-state index contributed by atoms with van der Waals surface area (Å²) in [5.41, 5.74) is 0.812. The number of ether oxygens (including phenoxy) is 1. The van der Waals surface area contributed by atoms with Crippen LogP contribution >= 0.6 is 0 Å². The molecule has 0 aliphatic rings. The van der Waals surface area contributed by atoms with Crippen molar-refractivity contribution in [3.63, 3.8) is 0 Å². The minimum absolute atomic E-state index is 0.229. The highest BCUT2D eigenvalue weighted by Crippen LogP contribution is 2.25. The maximum absolute atomic E-state index is 12.7. The summed E-state index contributed by atoms with van der Waals surface area (Å²) in [5, 5.41) is 2.70. The minimum Gasteiger partial charge on any atom is -0.494 e. The number of aromatic nitrogens is 1. The molecule has 0 atom stereocenters. The summed E-state index contributed by atoms with van der Waals surface area (Å²) >= 11 is 0. The van der Waals surface area contributed by atoms with E-state index in [-0.39, 0.29) is 5.69 Å². The van der Waals surface area contributed by atoms with Gasteiger partial charge in [-0.1, -0.05) is 21.2 Å². The van der Waals surface area contributed by atoms with Crippen molar-refractivity contribution in [1.29, 1.82) is 0 Å². The number of halogens is 1. The van der Waals surface area contributed by atoms with E-state index in [9.17, 15) is 12.3 Å². The van der Waals surface area contributed by atoms with Crippen LogP contribution in [0, 0.1) is 0 Å². The van der Waals surface area contributed by atoms with Gasteiger partial charge in [0.15, 0.2) is 0 Å². The Morgan fingerprint density at radius 3 is 2.78 bits per heavy atom. The summed E-state index contributed by atoms with van der Waals surface area (Å²) < 4.78 is 43.6. The lowest BCUT2D eigenvalue weighted by Crippen LogP contribution is -1.91. The van der Waals surface area contributed by atoms with Crippen molar-refractivity contribution in [3.05, 3.63) is 30.3 Å². The molecule has 0 aliphatic carbocycles. The van der Waals surface area contributed by atoms with Crippen molar-refractivity contribution in [2.24, 2.45) is 0 Å². The summed E-state index contributed by atoms with van der Waals surface area (Å²) in [7, 11) is -4.87. The smallest absolute Gasteiger partial charge is 0.368 e. The molecule has 0 saturated heterocycles. The van der Waals surface area contributed by atoms with Gasteiger partial charge in [0, 0.05) is 11.6 Å². The van der Waals surface area contributed by atoms with Crippen LogP contribution in [0.25, 0.3) is 11.3 Å².